The smallest absolute Gasteiger partial charge is 0.321 e. The van der Waals surface area contributed by atoms with Gasteiger partial charge in [0, 0.05) is 21.1 Å². The number of urea groups is 1. The van der Waals surface area contributed by atoms with E-state index in [-0.39, 0.29) is 6.03 Å². The van der Waals surface area contributed by atoms with Crippen molar-refractivity contribution in [1.82, 2.24) is 9.80 Å². The van der Waals surface area contributed by atoms with Gasteiger partial charge in [0.1, 0.15) is 0 Å². The molecule has 0 atom stereocenters. The zero-order valence-electron chi connectivity index (χ0n) is 5.89. The Hall–Kier alpha value is -0.800. The molecule has 0 aromatic carbocycles. The number of alkyl halides is 1. The van der Waals surface area contributed by atoms with Crippen molar-refractivity contribution in [3.8, 4) is 0 Å². The molecule has 0 bridgehead atoms. The molecule has 3 nitrogen and oxygen atoms in total. The summed E-state index contributed by atoms with van der Waals surface area (Å²) < 4.78 is 11.7. The highest BCUT2D eigenvalue weighted by atomic mass is 19.1. The summed E-state index contributed by atoms with van der Waals surface area (Å²) in [4.78, 5) is 13.0. The highest BCUT2D eigenvalue weighted by Crippen LogP contribution is 1.89. The van der Waals surface area contributed by atoms with E-state index in [4.69, 9.17) is 0 Å². The standard InChI is InChI=1S/C5H11FN2O/c1-7(2)5(9)8(3)4-6/h4H2,1-3H3. The molecule has 0 unspecified atom stereocenters. The Balaban J connectivity index is 3.73. The third kappa shape index (κ3) is 2.30. The van der Waals surface area contributed by atoms with Gasteiger partial charge in [0.15, 0.2) is 6.80 Å². The van der Waals surface area contributed by atoms with Crippen molar-refractivity contribution >= 4 is 6.03 Å². The predicted molar refractivity (Wildman–Crippen MR) is 32.8 cm³/mol. The highest BCUT2D eigenvalue weighted by molar-refractivity contribution is 5.73. The molecule has 0 aliphatic carbocycles. The predicted octanol–water partition coefficient (Wildman–Crippen LogP) is 0.527. The monoisotopic (exact) mass is 134 g/mol. The first-order valence-electron chi connectivity index (χ1n) is 2.58. The maximum Gasteiger partial charge on any atom is 0.321 e. The fourth-order valence-electron chi connectivity index (χ4n) is 0.393. The van der Waals surface area contributed by atoms with E-state index in [1.165, 1.54) is 11.9 Å². The second kappa shape index (κ2) is 3.27. The lowest BCUT2D eigenvalue weighted by Gasteiger charge is -2.17. The minimum absolute atomic E-state index is 0.322. The molecule has 0 aliphatic rings. The molecule has 0 fully saturated rings. The molecule has 0 aromatic rings. The summed E-state index contributed by atoms with van der Waals surface area (Å²) in [5.41, 5.74) is 0. The lowest BCUT2D eigenvalue weighted by atomic mass is 10.7. The zero-order valence-corrected chi connectivity index (χ0v) is 5.89. The summed E-state index contributed by atoms with van der Waals surface area (Å²) in [5.74, 6) is 0. The largest absolute Gasteiger partial charge is 0.331 e. The fourth-order valence-corrected chi connectivity index (χ4v) is 0.393. The molecular weight excluding hydrogens is 123 g/mol. The van der Waals surface area contributed by atoms with Crippen LogP contribution in [0.2, 0.25) is 0 Å². The van der Waals surface area contributed by atoms with Gasteiger partial charge in [0.25, 0.3) is 0 Å². The van der Waals surface area contributed by atoms with Crippen LogP contribution in [0.4, 0.5) is 9.18 Å². The van der Waals surface area contributed by atoms with Gasteiger partial charge in [-0.1, -0.05) is 0 Å². The Morgan fingerprint density at radius 2 is 1.89 bits per heavy atom. The molecule has 0 N–H and O–H groups in total. The van der Waals surface area contributed by atoms with Crippen molar-refractivity contribution < 1.29 is 9.18 Å². The maximum absolute atomic E-state index is 11.7. The first-order valence-corrected chi connectivity index (χ1v) is 2.58. The molecule has 0 aliphatic heterocycles. The van der Waals surface area contributed by atoms with E-state index in [1.54, 1.807) is 14.1 Å². The number of carbonyl (C=O) groups excluding carboxylic acids is 1. The average molecular weight is 134 g/mol. The molecule has 54 valence electrons. The van der Waals surface area contributed by atoms with Gasteiger partial charge < -0.3 is 4.90 Å². The van der Waals surface area contributed by atoms with Crippen molar-refractivity contribution in [1.29, 1.82) is 0 Å². The minimum Gasteiger partial charge on any atom is -0.331 e. The number of amides is 2. The minimum atomic E-state index is -0.739. The summed E-state index contributed by atoms with van der Waals surface area (Å²) in [7, 11) is 4.56. The second-order valence-corrected chi connectivity index (χ2v) is 1.99. The quantitative estimate of drug-likeness (QED) is 0.480. The molecule has 4 heteroatoms. The van der Waals surface area contributed by atoms with E-state index in [0.717, 1.165) is 4.90 Å². The lowest BCUT2D eigenvalue weighted by molar-refractivity contribution is 0.161. The van der Waals surface area contributed by atoms with Gasteiger partial charge in [-0.25, -0.2) is 9.18 Å². The van der Waals surface area contributed by atoms with Crippen LogP contribution in [0.5, 0.6) is 0 Å². The molecule has 0 saturated carbocycles. The van der Waals surface area contributed by atoms with E-state index >= 15 is 0 Å². The molecule has 0 rings (SSSR count). The first kappa shape index (κ1) is 8.20. The zero-order chi connectivity index (χ0) is 7.44. The van der Waals surface area contributed by atoms with Crippen LogP contribution < -0.4 is 0 Å². The van der Waals surface area contributed by atoms with Crippen LogP contribution in [0.15, 0.2) is 0 Å². The molecule has 0 spiro atoms. The van der Waals surface area contributed by atoms with Crippen molar-refractivity contribution in [2.75, 3.05) is 27.9 Å². The van der Waals surface area contributed by atoms with Gasteiger partial charge in [-0.15, -0.1) is 0 Å². The molecule has 0 aromatic heterocycles. The second-order valence-electron chi connectivity index (χ2n) is 1.99. The van der Waals surface area contributed by atoms with Gasteiger partial charge >= 0.3 is 6.03 Å². The first-order chi connectivity index (χ1) is 4.09. The van der Waals surface area contributed by atoms with Crippen LogP contribution in [0.1, 0.15) is 0 Å². The Kier molecular flexibility index (Phi) is 2.98. The molecule has 9 heavy (non-hydrogen) atoms. The Morgan fingerprint density at radius 1 is 1.44 bits per heavy atom. The van der Waals surface area contributed by atoms with Crippen LogP contribution >= 0.6 is 0 Å². The number of hydrogen-bond acceptors (Lipinski definition) is 1. The van der Waals surface area contributed by atoms with Crippen molar-refractivity contribution in [2.24, 2.45) is 0 Å². The number of rotatable bonds is 1. The summed E-state index contributed by atoms with van der Waals surface area (Å²) in [6, 6.07) is -0.322. The number of carbonyl (C=O) groups is 1. The number of halogens is 1. The van der Waals surface area contributed by atoms with Crippen molar-refractivity contribution in [3.63, 3.8) is 0 Å². The topological polar surface area (TPSA) is 23.6 Å². The lowest BCUT2D eigenvalue weighted by Crippen LogP contribution is -2.35. The van der Waals surface area contributed by atoms with Crippen molar-refractivity contribution in [3.05, 3.63) is 0 Å². The Labute approximate surface area is 54.0 Å². The summed E-state index contributed by atoms with van der Waals surface area (Å²) in [6.45, 7) is -0.739. The Bertz CT molecular complexity index is 105. The average Bonchev–Trinajstić information content (AvgIpc) is 1.84. The van der Waals surface area contributed by atoms with Crippen LogP contribution in [0.3, 0.4) is 0 Å². The van der Waals surface area contributed by atoms with Crippen LogP contribution in [-0.2, 0) is 0 Å². The van der Waals surface area contributed by atoms with E-state index < -0.39 is 6.80 Å². The fraction of sp³-hybridized carbons (Fsp3) is 0.800. The SMILES string of the molecule is CN(C)C(=O)N(C)CF. The van der Waals surface area contributed by atoms with E-state index in [2.05, 4.69) is 0 Å². The van der Waals surface area contributed by atoms with E-state index in [1.807, 2.05) is 0 Å². The van der Waals surface area contributed by atoms with Crippen molar-refractivity contribution in [2.45, 2.75) is 0 Å². The number of nitrogens with zero attached hydrogens (tertiary/aromatic N) is 2. The van der Waals surface area contributed by atoms with Gasteiger partial charge in [0.2, 0.25) is 0 Å². The summed E-state index contributed by atoms with van der Waals surface area (Å²) >= 11 is 0. The van der Waals surface area contributed by atoms with Gasteiger partial charge in [-0.2, -0.15) is 0 Å². The van der Waals surface area contributed by atoms with Crippen LogP contribution in [0.25, 0.3) is 0 Å². The van der Waals surface area contributed by atoms with E-state index in [0.29, 0.717) is 0 Å². The van der Waals surface area contributed by atoms with Crippen LogP contribution in [0, 0.1) is 0 Å². The van der Waals surface area contributed by atoms with Gasteiger partial charge in [0.05, 0.1) is 0 Å². The maximum atomic E-state index is 11.7. The molecule has 0 heterocycles. The third-order valence-corrected chi connectivity index (χ3v) is 0.888. The number of hydrogen-bond donors (Lipinski definition) is 0. The summed E-state index contributed by atoms with van der Waals surface area (Å²) in [5, 5.41) is 0. The van der Waals surface area contributed by atoms with E-state index in [9.17, 15) is 9.18 Å². The van der Waals surface area contributed by atoms with Gasteiger partial charge in [-0.05, 0) is 0 Å². The van der Waals surface area contributed by atoms with Crippen LogP contribution in [-0.4, -0.2) is 43.8 Å². The molecule has 0 saturated heterocycles. The highest BCUT2D eigenvalue weighted by Gasteiger charge is 2.07. The molecule has 2 amide bonds. The molecule has 0 radical (unpaired) electrons. The summed E-state index contributed by atoms with van der Waals surface area (Å²) in [6.07, 6.45) is 0. The molecular formula is C5H11FN2O. The van der Waals surface area contributed by atoms with Gasteiger partial charge in [-0.3, -0.25) is 4.90 Å². The third-order valence-electron chi connectivity index (χ3n) is 0.888. The normalized spacial score (nSPS) is 8.89. The Morgan fingerprint density at radius 3 is 2.00 bits per heavy atom.